The molecule has 0 aliphatic heterocycles. The highest BCUT2D eigenvalue weighted by atomic mass is 32.2. The van der Waals surface area contributed by atoms with E-state index in [9.17, 15) is 13.2 Å². The topological polar surface area (TPSA) is 96.6 Å². The number of rotatable bonds is 7. The Kier molecular flexibility index (Phi) is 6.45. The first kappa shape index (κ1) is 22.5. The van der Waals surface area contributed by atoms with E-state index < -0.39 is 16.1 Å². The molecule has 9 heteroatoms. The minimum absolute atomic E-state index is 0.0630. The van der Waals surface area contributed by atoms with Crippen LogP contribution in [0.4, 0.5) is 5.69 Å². The van der Waals surface area contributed by atoms with Gasteiger partial charge in [-0.15, -0.1) is 0 Å². The first-order chi connectivity index (χ1) is 14.6. The second-order valence-corrected chi connectivity index (χ2v) is 9.51. The number of aryl methyl sites for hydroxylation is 2. The Balaban J connectivity index is 1.77. The fraction of sp³-hybridized carbons (Fsp3) is 0.318. The molecule has 0 bridgehead atoms. The van der Waals surface area contributed by atoms with Crippen molar-refractivity contribution in [2.75, 3.05) is 17.6 Å². The van der Waals surface area contributed by atoms with Crippen LogP contribution in [0.3, 0.4) is 0 Å². The lowest BCUT2D eigenvalue weighted by Crippen LogP contribution is -2.48. The summed E-state index contributed by atoms with van der Waals surface area (Å²) in [4.78, 5) is 18.8. The summed E-state index contributed by atoms with van der Waals surface area (Å²) in [7, 11) is -2.11. The van der Waals surface area contributed by atoms with E-state index in [2.05, 4.69) is 10.1 Å². The van der Waals surface area contributed by atoms with Gasteiger partial charge in [0, 0.05) is 12.6 Å². The van der Waals surface area contributed by atoms with Crippen LogP contribution >= 0.6 is 0 Å². The van der Waals surface area contributed by atoms with Crippen molar-refractivity contribution >= 4 is 21.6 Å². The van der Waals surface area contributed by atoms with Gasteiger partial charge in [-0.3, -0.25) is 9.10 Å². The van der Waals surface area contributed by atoms with Crippen LogP contribution in [0.15, 0.2) is 53.1 Å². The molecule has 0 radical (unpaired) electrons. The predicted molar refractivity (Wildman–Crippen MR) is 119 cm³/mol. The number of benzene rings is 2. The van der Waals surface area contributed by atoms with Crippen LogP contribution in [0.2, 0.25) is 0 Å². The number of carbonyl (C=O) groups excluding carboxylic acids is 1. The van der Waals surface area contributed by atoms with Crippen molar-refractivity contribution in [3.05, 3.63) is 65.5 Å². The number of amides is 1. The molecule has 0 N–H and O–H groups in total. The number of anilines is 1. The van der Waals surface area contributed by atoms with Gasteiger partial charge in [-0.05, 0) is 39.0 Å². The Morgan fingerprint density at radius 3 is 2.39 bits per heavy atom. The second kappa shape index (κ2) is 8.89. The van der Waals surface area contributed by atoms with Crippen molar-refractivity contribution in [2.45, 2.75) is 33.4 Å². The molecule has 1 atom stereocenters. The van der Waals surface area contributed by atoms with E-state index >= 15 is 0 Å². The Bertz CT molecular complexity index is 1170. The molecule has 0 aliphatic carbocycles. The third-order valence-corrected chi connectivity index (χ3v) is 6.09. The molecule has 31 heavy (non-hydrogen) atoms. The fourth-order valence-corrected chi connectivity index (χ4v) is 4.48. The zero-order valence-electron chi connectivity index (χ0n) is 18.2. The van der Waals surface area contributed by atoms with Crippen LogP contribution in [-0.4, -0.2) is 48.7 Å². The molecule has 1 heterocycles. The highest BCUT2D eigenvalue weighted by Crippen LogP contribution is 2.23. The van der Waals surface area contributed by atoms with Gasteiger partial charge in [-0.2, -0.15) is 4.98 Å². The number of likely N-dealkylation sites (N-methyl/N-ethyl adjacent to an activating group) is 1. The van der Waals surface area contributed by atoms with Gasteiger partial charge in [0.05, 0.1) is 18.5 Å². The van der Waals surface area contributed by atoms with E-state index in [1.165, 1.54) is 4.90 Å². The highest BCUT2D eigenvalue weighted by molar-refractivity contribution is 7.92. The SMILES string of the molecule is Cc1ccc(N(C(C)C(=O)N(C)Cc2nc(-c3cccc(C)c3)no2)S(C)(=O)=O)cc1. The summed E-state index contributed by atoms with van der Waals surface area (Å²) in [6, 6.07) is 13.7. The molecular weight excluding hydrogens is 416 g/mol. The van der Waals surface area contributed by atoms with Crippen molar-refractivity contribution in [1.29, 1.82) is 0 Å². The molecule has 164 valence electrons. The van der Waals surface area contributed by atoms with E-state index in [-0.39, 0.29) is 18.3 Å². The van der Waals surface area contributed by atoms with Crippen molar-refractivity contribution < 1.29 is 17.7 Å². The summed E-state index contributed by atoms with van der Waals surface area (Å²) in [5, 5.41) is 3.98. The molecule has 3 aromatic rings. The summed E-state index contributed by atoms with van der Waals surface area (Å²) in [5.41, 5.74) is 3.32. The van der Waals surface area contributed by atoms with Gasteiger partial charge in [-0.1, -0.05) is 46.6 Å². The summed E-state index contributed by atoms with van der Waals surface area (Å²) in [6.07, 6.45) is 1.09. The van der Waals surface area contributed by atoms with Gasteiger partial charge in [0.25, 0.3) is 0 Å². The normalized spacial score (nSPS) is 12.4. The zero-order valence-corrected chi connectivity index (χ0v) is 19.0. The minimum atomic E-state index is -3.68. The molecule has 8 nitrogen and oxygen atoms in total. The number of hydrogen-bond donors (Lipinski definition) is 0. The Morgan fingerprint density at radius 2 is 1.77 bits per heavy atom. The quantitative estimate of drug-likeness (QED) is 0.558. The molecule has 1 aromatic heterocycles. The van der Waals surface area contributed by atoms with E-state index in [1.54, 1.807) is 38.2 Å². The van der Waals surface area contributed by atoms with E-state index in [1.807, 2.05) is 38.1 Å². The lowest BCUT2D eigenvalue weighted by atomic mass is 10.1. The fourth-order valence-electron chi connectivity index (χ4n) is 3.31. The van der Waals surface area contributed by atoms with E-state index in [0.717, 1.165) is 27.3 Å². The molecule has 1 unspecified atom stereocenters. The van der Waals surface area contributed by atoms with Gasteiger partial charge < -0.3 is 9.42 Å². The molecular formula is C22H26N4O4S. The molecule has 0 spiro atoms. The van der Waals surface area contributed by atoms with E-state index in [0.29, 0.717) is 11.5 Å². The molecule has 0 saturated carbocycles. The van der Waals surface area contributed by atoms with Crippen LogP contribution in [0.5, 0.6) is 0 Å². The Hall–Kier alpha value is -3.20. The number of aromatic nitrogens is 2. The molecule has 3 rings (SSSR count). The third kappa shape index (κ3) is 5.29. The molecule has 1 amide bonds. The summed E-state index contributed by atoms with van der Waals surface area (Å²) in [5.74, 6) is 0.312. The highest BCUT2D eigenvalue weighted by Gasteiger charge is 2.31. The van der Waals surface area contributed by atoms with Crippen LogP contribution < -0.4 is 4.31 Å². The van der Waals surface area contributed by atoms with Gasteiger partial charge in [-0.25, -0.2) is 8.42 Å². The molecule has 0 aliphatic rings. The lowest BCUT2D eigenvalue weighted by molar-refractivity contribution is -0.131. The smallest absolute Gasteiger partial charge is 0.246 e. The van der Waals surface area contributed by atoms with Crippen molar-refractivity contribution in [3.8, 4) is 11.4 Å². The number of hydrogen-bond acceptors (Lipinski definition) is 6. The summed E-state index contributed by atoms with van der Waals surface area (Å²) < 4.78 is 31.3. The van der Waals surface area contributed by atoms with Crippen LogP contribution in [0.1, 0.15) is 23.9 Å². The third-order valence-electron chi connectivity index (χ3n) is 4.85. The van der Waals surface area contributed by atoms with Gasteiger partial charge in [0.15, 0.2) is 0 Å². The standard InChI is InChI=1S/C22H26N4O4S/c1-15-9-11-19(12-10-15)26(31(5,28)29)17(3)22(27)25(4)14-20-23-21(24-30-20)18-8-6-7-16(2)13-18/h6-13,17H,14H2,1-5H3. The summed E-state index contributed by atoms with van der Waals surface area (Å²) in [6.45, 7) is 5.51. The zero-order chi connectivity index (χ0) is 22.8. The summed E-state index contributed by atoms with van der Waals surface area (Å²) >= 11 is 0. The number of sulfonamides is 1. The van der Waals surface area contributed by atoms with Crippen molar-refractivity contribution in [2.24, 2.45) is 0 Å². The lowest BCUT2D eigenvalue weighted by Gasteiger charge is -2.30. The van der Waals surface area contributed by atoms with E-state index in [4.69, 9.17) is 4.52 Å². The average molecular weight is 443 g/mol. The molecule has 0 saturated heterocycles. The van der Waals surface area contributed by atoms with Crippen LogP contribution in [-0.2, 0) is 21.4 Å². The van der Waals surface area contributed by atoms with Crippen LogP contribution in [0.25, 0.3) is 11.4 Å². The first-order valence-corrected chi connectivity index (χ1v) is 11.6. The Labute approximate surface area is 182 Å². The predicted octanol–water partition coefficient (Wildman–Crippen LogP) is 3.17. The number of nitrogens with zero attached hydrogens (tertiary/aromatic N) is 4. The van der Waals surface area contributed by atoms with Crippen molar-refractivity contribution in [1.82, 2.24) is 15.0 Å². The van der Waals surface area contributed by atoms with Crippen molar-refractivity contribution in [3.63, 3.8) is 0 Å². The molecule has 2 aromatic carbocycles. The molecule has 0 fully saturated rings. The minimum Gasteiger partial charge on any atom is -0.337 e. The maximum atomic E-state index is 13.0. The van der Waals surface area contributed by atoms with Gasteiger partial charge in [0.1, 0.15) is 6.04 Å². The van der Waals surface area contributed by atoms with Gasteiger partial charge >= 0.3 is 0 Å². The number of carbonyl (C=O) groups is 1. The Morgan fingerprint density at radius 1 is 1.10 bits per heavy atom. The van der Waals surface area contributed by atoms with Crippen LogP contribution in [0, 0.1) is 13.8 Å². The monoisotopic (exact) mass is 442 g/mol. The average Bonchev–Trinajstić information content (AvgIpc) is 3.16. The maximum Gasteiger partial charge on any atom is 0.246 e. The van der Waals surface area contributed by atoms with Gasteiger partial charge in [0.2, 0.25) is 27.6 Å². The second-order valence-electron chi connectivity index (χ2n) is 7.65. The first-order valence-electron chi connectivity index (χ1n) is 9.77. The maximum absolute atomic E-state index is 13.0. The largest absolute Gasteiger partial charge is 0.337 e.